The Kier molecular flexibility index (Phi) is 7.65. The first-order valence-corrected chi connectivity index (χ1v) is 11.7. The van der Waals surface area contributed by atoms with Crippen LogP contribution in [0.4, 0.5) is 16.2 Å². The Bertz CT molecular complexity index is 1240. The van der Waals surface area contributed by atoms with Crippen molar-refractivity contribution in [1.82, 2.24) is 20.2 Å². The molecule has 2 aliphatic heterocycles. The number of halogens is 2. The van der Waals surface area contributed by atoms with Gasteiger partial charge in [0.25, 0.3) is 0 Å². The summed E-state index contributed by atoms with van der Waals surface area (Å²) in [5, 5.41) is 3.64. The first-order valence-electron chi connectivity index (χ1n) is 11.7. The lowest BCUT2D eigenvalue weighted by molar-refractivity contribution is -0.133. The monoisotopic (exact) mass is 516 g/mol. The van der Waals surface area contributed by atoms with E-state index in [1.165, 1.54) is 14.2 Å². The maximum absolute atomic E-state index is 15.4. The lowest BCUT2D eigenvalue weighted by Gasteiger charge is -2.42. The molecular weight excluding hydrogens is 487 g/mol. The van der Waals surface area contributed by atoms with E-state index in [0.717, 1.165) is 18.5 Å². The second kappa shape index (κ2) is 10.7. The van der Waals surface area contributed by atoms with Gasteiger partial charge in [-0.2, -0.15) is 4.98 Å². The van der Waals surface area contributed by atoms with Crippen LogP contribution >= 0.6 is 12.4 Å². The fourth-order valence-electron chi connectivity index (χ4n) is 4.74. The van der Waals surface area contributed by atoms with Crippen LogP contribution in [0.2, 0.25) is 0 Å². The number of rotatable bonds is 6. The van der Waals surface area contributed by atoms with Crippen LogP contribution in [0.5, 0.6) is 11.5 Å². The summed E-state index contributed by atoms with van der Waals surface area (Å²) >= 11 is 0. The molecule has 0 bridgehead atoms. The molecule has 3 aromatic rings. The fourth-order valence-corrected chi connectivity index (χ4v) is 4.74. The van der Waals surface area contributed by atoms with Crippen molar-refractivity contribution in [3.63, 3.8) is 0 Å². The standard InChI is InChI=1S/C25H29FN6O3.ClH/c1-34-19-13-17-22(21(26)23(19)35-2)29-25(30-24(17)27)32-11-10-31(20(33)12-16-8-9-28-16)14-18(32)15-6-4-3-5-7-15;/h3-7,13,16,18,28H,8-12,14H2,1-2H3,(H2,27,29,30);1H/t16?,18-;/m1./s1. The summed E-state index contributed by atoms with van der Waals surface area (Å²) in [7, 11) is 2.81. The molecule has 3 heterocycles. The molecule has 9 nitrogen and oxygen atoms in total. The first-order chi connectivity index (χ1) is 17.0. The second-order valence-corrected chi connectivity index (χ2v) is 8.83. The van der Waals surface area contributed by atoms with Gasteiger partial charge in [0.1, 0.15) is 11.3 Å². The average Bonchev–Trinajstić information content (AvgIpc) is 2.86. The molecule has 2 saturated heterocycles. The van der Waals surface area contributed by atoms with Crippen LogP contribution in [0.1, 0.15) is 24.4 Å². The molecule has 1 amide bonds. The van der Waals surface area contributed by atoms with E-state index in [2.05, 4.69) is 15.3 Å². The maximum Gasteiger partial charge on any atom is 0.228 e. The van der Waals surface area contributed by atoms with Crippen molar-refractivity contribution in [2.24, 2.45) is 0 Å². The van der Waals surface area contributed by atoms with E-state index >= 15 is 4.39 Å². The van der Waals surface area contributed by atoms with Crippen molar-refractivity contribution < 1.29 is 18.7 Å². The molecule has 0 radical (unpaired) electrons. The number of nitrogens with one attached hydrogen (secondary N) is 1. The minimum atomic E-state index is -0.657. The van der Waals surface area contributed by atoms with Gasteiger partial charge in [-0.15, -0.1) is 12.4 Å². The van der Waals surface area contributed by atoms with Crippen molar-refractivity contribution >= 4 is 41.0 Å². The third kappa shape index (κ3) is 4.70. The van der Waals surface area contributed by atoms with Crippen LogP contribution < -0.4 is 25.4 Å². The number of ether oxygens (including phenoxy) is 2. The van der Waals surface area contributed by atoms with Crippen LogP contribution in [0.25, 0.3) is 10.9 Å². The molecule has 2 fully saturated rings. The number of aromatic nitrogens is 2. The van der Waals surface area contributed by atoms with E-state index in [9.17, 15) is 4.79 Å². The molecule has 2 aliphatic rings. The van der Waals surface area contributed by atoms with E-state index in [1.807, 2.05) is 40.1 Å². The van der Waals surface area contributed by atoms with Gasteiger partial charge in [-0.3, -0.25) is 4.79 Å². The Morgan fingerprint density at radius 3 is 2.58 bits per heavy atom. The van der Waals surface area contributed by atoms with E-state index < -0.39 is 5.82 Å². The number of hydrogen-bond acceptors (Lipinski definition) is 8. The maximum atomic E-state index is 15.4. The first kappa shape index (κ1) is 25.7. The normalized spacial score (nSPS) is 19.4. The topological polar surface area (TPSA) is 106 Å². The fraction of sp³-hybridized carbons (Fsp3) is 0.400. The Labute approximate surface area is 215 Å². The highest BCUT2D eigenvalue weighted by molar-refractivity contribution is 5.92. The summed E-state index contributed by atoms with van der Waals surface area (Å²) in [6.45, 7) is 2.45. The van der Waals surface area contributed by atoms with Crippen LogP contribution in [0, 0.1) is 5.82 Å². The highest BCUT2D eigenvalue weighted by atomic mass is 35.5. The number of carbonyl (C=O) groups excluding carboxylic acids is 1. The van der Waals surface area contributed by atoms with Gasteiger partial charge in [0.2, 0.25) is 11.9 Å². The van der Waals surface area contributed by atoms with Gasteiger partial charge in [-0.25, -0.2) is 9.37 Å². The number of hydrogen-bond donors (Lipinski definition) is 2. The Hall–Kier alpha value is -3.37. The van der Waals surface area contributed by atoms with Gasteiger partial charge >= 0.3 is 0 Å². The molecular formula is C25H30ClFN6O3. The van der Waals surface area contributed by atoms with Crippen LogP contribution in [0.15, 0.2) is 36.4 Å². The highest BCUT2D eigenvalue weighted by Crippen LogP contribution is 2.38. The predicted molar refractivity (Wildman–Crippen MR) is 138 cm³/mol. The zero-order chi connectivity index (χ0) is 24.5. The lowest BCUT2D eigenvalue weighted by Crippen LogP contribution is -2.53. The van der Waals surface area contributed by atoms with Crippen molar-refractivity contribution in [2.75, 3.05) is 51.0 Å². The number of methoxy groups -OCH3 is 2. The molecule has 2 atom stereocenters. The number of nitrogen functional groups attached to an aromatic ring is 1. The third-order valence-electron chi connectivity index (χ3n) is 6.81. The summed E-state index contributed by atoms with van der Waals surface area (Å²) in [5.74, 6) is 0.105. The smallest absolute Gasteiger partial charge is 0.228 e. The zero-order valence-corrected chi connectivity index (χ0v) is 21.1. The van der Waals surface area contributed by atoms with E-state index in [0.29, 0.717) is 37.4 Å². The number of nitrogens with zero attached hydrogens (tertiary/aromatic N) is 4. The van der Waals surface area contributed by atoms with E-state index in [-0.39, 0.29) is 53.2 Å². The molecule has 2 aromatic carbocycles. The number of nitrogens with two attached hydrogens (primary N) is 1. The predicted octanol–water partition coefficient (Wildman–Crippen LogP) is 2.93. The Balaban J connectivity index is 0.00000304. The molecule has 1 aromatic heterocycles. The summed E-state index contributed by atoms with van der Waals surface area (Å²) in [6, 6.07) is 11.5. The van der Waals surface area contributed by atoms with Crippen molar-refractivity contribution in [3.8, 4) is 11.5 Å². The molecule has 192 valence electrons. The zero-order valence-electron chi connectivity index (χ0n) is 20.2. The van der Waals surface area contributed by atoms with E-state index in [4.69, 9.17) is 15.2 Å². The average molecular weight is 517 g/mol. The van der Waals surface area contributed by atoms with Gasteiger partial charge in [0.15, 0.2) is 17.3 Å². The third-order valence-corrected chi connectivity index (χ3v) is 6.81. The Morgan fingerprint density at radius 1 is 1.19 bits per heavy atom. The SMILES string of the molecule is COc1cc2c(N)nc(N3CCN(C(=O)CC4CCN4)C[C@@H]3c3ccccc3)nc2c(F)c1OC.Cl. The van der Waals surface area contributed by atoms with Gasteiger partial charge in [-0.05, 0) is 24.6 Å². The lowest BCUT2D eigenvalue weighted by atomic mass is 10.00. The minimum Gasteiger partial charge on any atom is -0.493 e. The van der Waals surface area contributed by atoms with E-state index in [1.54, 1.807) is 6.07 Å². The molecule has 0 aliphatic carbocycles. The van der Waals surface area contributed by atoms with Gasteiger partial charge < -0.3 is 30.3 Å². The number of anilines is 2. The molecule has 0 saturated carbocycles. The van der Waals surface area contributed by atoms with Gasteiger partial charge in [0.05, 0.1) is 20.3 Å². The largest absolute Gasteiger partial charge is 0.493 e. The summed E-state index contributed by atoms with van der Waals surface area (Å²) in [5.41, 5.74) is 7.35. The summed E-state index contributed by atoms with van der Waals surface area (Å²) in [6.07, 6.45) is 1.52. The summed E-state index contributed by atoms with van der Waals surface area (Å²) < 4.78 is 25.8. The quantitative estimate of drug-likeness (QED) is 0.515. The highest BCUT2D eigenvalue weighted by Gasteiger charge is 2.34. The van der Waals surface area contributed by atoms with Crippen LogP contribution in [-0.4, -0.2) is 67.2 Å². The van der Waals surface area contributed by atoms with Crippen LogP contribution in [-0.2, 0) is 4.79 Å². The molecule has 11 heteroatoms. The molecule has 1 unspecified atom stereocenters. The number of amides is 1. The van der Waals surface area contributed by atoms with Gasteiger partial charge in [0, 0.05) is 37.5 Å². The molecule has 0 spiro atoms. The van der Waals surface area contributed by atoms with Crippen LogP contribution in [0.3, 0.4) is 0 Å². The van der Waals surface area contributed by atoms with Crippen molar-refractivity contribution in [1.29, 1.82) is 0 Å². The second-order valence-electron chi connectivity index (χ2n) is 8.83. The molecule has 5 rings (SSSR count). The van der Waals surface area contributed by atoms with Gasteiger partial charge in [-0.1, -0.05) is 30.3 Å². The Morgan fingerprint density at radius 2 is 1.94 bits per heavy atom. The number of benzene rings is 2. The van der Waals surface area contributed by atoms with Crippen molar-refractivity contribution in [2.45, 2.75) is 24.9 Å². The number of carbonyl (C=O) groups is 1. The minimum absolute atomic E-state index is 0. The number of fused-ring (bicyclic) bond motifs is 1. The molecule has 36 heavy (non-hydrogen) atoms. The molecule has 3 N–H and O–H groups in total. The number of piperazine rings is 1. The summed E-state index contributed by atoms with van der Waals surface area (Å²) in [4.78, 5) is 26.0. The van der Waals surface area contributed by atoms with Crippen molar-refractivity contribution in [3.05, 3.63) is 47.8 Å².